The third-order valence-corrected chi connectivity index (χ3v) is 3.92. The van der Waals surface area contributed by atoms with Crippen LogP contribution in [0.25, 0.3) is 0 Å². The van der Waals surface area contributed by atoms with Crippen LogP contribution in [0.15, 0.2) is 48.5 Å². The quantitative estimate of drug-likeness (QED) is 0.511. The molecule has 0 aromatic heterocycles. The maximum atomic E-state index is 13.1. The van der Waals surface area contributed by atoms with E-state index in [9.17, 15) is 22.4 Å². The number of carbonyl (C=O) groups excluding carboxylic acids is 1. The maximum Gasteiger partial charge on any atom is 0.416 e. The first-order valence-electron chi connectivity index (χ1n) is 8.60. The predicted molar refractivity (Wildman–Crippen MR) is 93.4 cm³/mol. The molecule has 0 unspecified atom stereocenters. The Morgan fingerprint density at radius 1 is 1.04 bits per heavy atom. The highest BCUT2D eigenvalue weighted by Crippen LogP contribution is 2.32. The number of rotatable bonds is 9. The van der Waals surface area contributed by atoms with E-state index in [1.54, 1.807) is 0 Å². The number of carbonyl (C=O) groups is 1. The molecule has 0 aliphatic heterocycles. The second kappa shape index (κ2) is 10.1. The van der Waals surface area contributed by atoms with E-state index in [0.29, 0.717) is 25.7 Å². The fraction of sp³-hybridized carbons (Fsp3) is 0.350. The fourth-order valence-corrected chi connectivity index (χ4v) is 2.52. The van der Waals surface area contributed by atoms with Crippen molar-refractivity contribution >= 4 is 5.91 Å². The summed E-state index contributed by atoms with van der Waals surface area (Å²) in [7, 11) is 0. The van der Waals surface area contributed by atoms with E-state index in [-0.39, 0.29) is 24.4 Å². The molecule has 0 aliphatic rings. The lowest BCUT2D eigenvalue weighted by Gasteiger charge is -2.13. The number of hydrogen-bond acceptors (Lipinski definition) is 2. The highest BCUT2D eigenvalue weighted by Gasteiger charge is 2.33. The number of halogens is 4. The zero-order chi connectivity index (χ0) is 19.7. The summed E-state index contributed by atoms with van der Waals surface area (Å²) < 4.78 is 57.2. The van der Waals surface area contributed by atoms with Crippen molar-refractivity contribution in [3.63, 3.8) is 0 Å². The zero-order valence-electron chi connectivity index (χ0n) is 14.7. The molecule has 0 bridgehead atoms. The number of ether oxygens (including phenoxy) is 1. The van der Waals surface area contributed by atoms with Crippen LogP contribution in [0.5, 0.6) is 0 Å². The summed E-state index contributed by atoms with van der Waals surface area (Å²) in [6.45, 7) is 0.629. The van der Waals surface area contributed by atoms with Gasteiger partial charge < -0.3 is 10.1 Å². The van der Waals surface area contributed by atoms with Crippen molar-refractivity contribution in [1.29, 1.82) is 0 Å². The van der Waals surface area contributed by atoms with Crippen LogP contribution >= 0.6 is 0 Å². The average molecular weight is 383 g/mol. The summed E-state index contributed by atoms with van der Waals surface area (Å²) in [5.41, 5.74) is -0.0848. The first-order valence-corrected chi connectivity index (χ1v) is 8.60. The summed E-state index contributed by atoms with van der Waals surface area (Å²) in [5, 5.41) is 2.43. The first kappa shape index (κ1) is 20.9. The predicted octanol–water partition coefficient (Wildman–Crippen LogP) is 4.50. The van der Waals surface area contributed by atoms with Crippen molar-refractivity contribution < 1.29 is 27.1 Å². The molecule has 7 heteroatoms. The van der Waals surface area contributed by atoms with Crippen LogP contribution in [0.1, 0.15) is 29.5 Å². The lowest BCUT2D eigenvalue weighted by Crippen LogP contribution is -2.24. The minimum atomic E-state index is -4.67. The first-order chi connectivity index (χ1) is 12.9. The number of nitrogens with one attached hydrogen (secondary N) is 1. The van der Waals surface area contributed by atoms with Crippen LogP contribution in [-0.2, 0) is 28.7 Å². The Morgan fingerprint density at radius 3 is 2.48 bits per heavy atom. The normalized spacial score (nSPS) is 11.4. The van der Waals surface area contributed by atoms with Gasteiger partial charge in [0, 0.05) is 19.6 Å². The Kier molecular flexibility index (Phi) is 7.79. The van der Waals surface area contributed by atoms with Crippen LogP contribution in [0.4, 0.5) is 17.6 Å². The van der Waals surface area contributed by atoms with E-state index in [0.717, 1.165) is 24.1 Å². The molecule has 3 nitrogen and oxygen atoms in total. The Bertz CT molecular complexity index is 733. The topological polar surface area (TPSA) is 38.3 Å². The van der Waals surface area contributed by atoms with Gasteiger partial charge in [0.25, 0.3) is 0 Å². The molecule has 0 heterocycles. The standard InChI is InChI=1S/C20H21F4NO2/c21-17-9-8-16(18(13-17)20(22,23)24)14-25-19(26)7-4-11-27-12-10-15-5-2-1-3-6-15/h1-3,5-6,8-9,13H,4,7,10-12,14H2,(H,25,26). The number of alkyl halides is 3. The molecular formula is C20H21F4NO2. The number of benzene rings is 2. The van der Waals surface area contributed by atoms with Crippen molar-refractivity contribution in [2.45, 2.75) is 32.0 Å². The fourth-order valence-electron chi connectivity index (χ4n) is 2.52. The van der Waals surface area contributed by atoms with Gasteiger partial charge in [-0.2, -0.15) is 13.2 Å². The second-order valence-electron chi connectivity index (χ2n) is 6.03. The zero-order valence-corrected chi connectivity index (χ0v) is 14.7. The third kappa shape index (κ3) is 7.38. The molecular weight excluding hydrogens is 362 g/mol. The third-order valence-electron chi connectivity index (χ3n) is 3.92. The van der Waals surface area contributed by atoms with E-state index in [2.05, 4.69) is 5.32 Å². The van der Waals surface area contributed by atoms with E-state index in [1.165, 1.54) is 0 Å². The van der Waals surface area contributed by atoms with Crippen LogP contribution < -0.4 is 5.32 Å². The Labute approximate surface area is 155 Å². The lowest BCUT2D eigenvalue weighted by atomic mass is 10.1. The highest BCUT2D eigenvalue weighted by molar-refractivity contribution is 5.75. The lowest BCUT2D eigenvalue weighted by molar-refractivity contribution is -0.138. The number of hydrogen-bond donors (Lipinski definition) is 1. The molecule has 1 N–H and O–H groups in total. The smallest absolute Gasteiger partial charge is 0.381 e. The summed E-state index contributed by atoms with van der Waals surface area (Å²) in [4.78, 5) is 11.8. The SMILES string of the molecule is O=C(CCCOCCc1ccccc1)NCc1ccc(F)cc1C(F)(F)F. The Balaban J connectivity index is 1.67. The highest BCUT2D eigenvalue weighted by atomic mass is 19.4. The number of amides is 1. The van der Waals surface area contributed by atoms with E-state index in [1.807, 2.05) is 30.3 Å². The van der Waals surface area contributed by atoms with Gasteiger partial charge in [-0.1, -0.05) is 36.4 Å². The molecule has 1 amide bonds. The van der Waals surface area contributed by atoms with Gasteiger partial charge in [-0.05, 0) is 36.1 Å². The second-order valence-corrected chi connectivity index (χ2v) is 6.03. The molecule has 0 spiro atoms. The van der Waals surface area contributed by atoms with Crippen molar-refractivity contribution in [3.8, 4) is 0 Å². The van der Waals surface area contributed by atoms with Gasteiger partial charge in [-0.3, -0.25) is 4.79 Å². The molecule has 0 radical (unpaired) electrons. The monoisotopic (exact) mass is 383 g/mol. The maximum absolute atomic E-state index is 13.1. The average Bonchev–Trinajstić information content (AvgIpc) is 2.63. The summed E-state index contributed by atoms with van der Waals surface area (Å²) in [6, 6.07) is 12.2. The van der Waals surface area contributed by atoms with Crippen LogP contribution in [0, 0.1) is 5.82 Å². The molecule has 0 saturated carbocycles. The van der Waals surface area contributed by atoms with Crippen molar-refractivity contribution in [2.24, 2.45) is 0 Å². The van der Waals surface area contributed by atoms with Gasteiger partial charge in [0.2, 0.25) is 5.91 Å². The minimum absolute atomic E-state index is 0.147. The van der Waals surface area contributed by atoms with Crippen molar-refractivity contribution in [1.82, 2.24) is 5.32 Å². The van der Waals surface area contributed by atoms with Gasteiger partial charge >= 0.3 is 6.18 Å². The van der Waals surface area contributed by atoms with Gasteiger partial charge in [0.1, 0.15) is 5.82 Å². The van der Waals surface area contributed by atoms with Crippen molar-refractivity contribution in [3.05, 3.63) is 71.0 Å². The molecule has 0 fully saturated rings. The van der Waals surface area contributed by atoms with Crippen LogP contribution in [0.2, 0.25) is 0 Å². The van der Waals surface area contributed by atoms with Gasteiger partial charge in [-0.25, -0.2) is 4.39 Å². The van der Waals surface area contributed by atoms with Gasteiger partial charge in [0.05, 0.1) is 12.2 Å². The van der Waals surface area contributed by atoms with E-state index >= 15 is 0 Å². The van der Waals surface area contributed by atoms with E-state index < -0.39 is 17.6 Å². The van der Waals surface area contributed by atoms with Crippen LogP contribution in [0.3, 0.4) is 0 Å². The molecule has 0 saturated heterocycles. The van der Waals surface area contributed by atoms with Gasteiger partial charge in [0.15, 0.2) is 0 Å². The largest absolute Gasteiger partial charge is 0.416 e. The molecule has 2 aromatic rings. The Hall–Kier alpha value is -2.41. The Morgan fingerprint density at radius 2 is 1.78 bits per heavy atom. The molecule has 2 rings (SSSR count). The van der Waals surface area contributed by atoms with Crippen LogP contribution in [-0.4, -0.2) is 19.1 Å². The summed E-state index contributed by atoms with van der Waals surface area (Å²) in [6.07, 6.45) is -3.28. The van der Waals surface area contributed by atoms with Crippen molar-refractivity contribution in [2.75, 3.05) is 13.2 Å². The summed E-state index contributed by atoms with van der Waals surface area (Å²) >= 11 is 0. The molecule has 0 aliphatic carbocycles. The molecule has 27 heavy (non-hydrogen) atoms. The van der Waals surface area contributed by atoms with E-state index in [4.69, 9.17) is 4.74 Å². The molecule has 0 atom stereocenters. The van der Waals surface area contributed by atoms with Gasteiger partial charge in [-0.15, -0.1) is 0 Å². The molecule has 146 valence electrons. The molecule has 2 aromatic carbocycles. The summed E-state index contributed by atoms with van der Waals surface area (Å²) in [5.74, 6) is -1.34. The minimum Gasteiger partial charge on any atom is -0.381 e.